The molecule has 0 radical (unpaired) electrons. The van der Waals surface area contributed by atoms with E-state index in [9.17, 15) is 0 Å². The number of hydrogen-bond donors (Lipinski definition) is 1. The zero-order valence-electron chi connectivity index (χ0n) is 13.5. The van der Waals surface area contributed by atoms with Gasteiger partial charge in [0.15, 0.2) is 0 Å². The minimum Gasteiger partial charge on any atom is -0.384 e. The van der Waals surface area contributed by atoms with Crippen molar-refractivity contribution in [1.82, 2.24) is 5.32 Å². The quantitative estimate of drug-likeness (QED) is 0.337. The number of rotatable bonds is 12. The molecule has 0 unspecified atom stereocenters. The van der Waals surface area contributed by atoms with E-state index in [1.54, 1.807) is 7.11 Å². The molecular weight excluding hydrogens is 250 g/mol. The van der Waals surface area contributed by atoms with Crippen LogP contribution in [-0.4, -0.2) is 38.5 Å². The SMILES string of the molecule is C=C[C@](C)(/C=C\C=C\CCOC)OCCCNC(C)C. The van der Waals surface area contributed by atoms with E-state index in [0.717, 1.165) is 32.6 Å². The maximum Gasteiger partial charge on any atom is 0.102 e. The third kappa shape index (κ3) is 11.0. The molecule has 0 saturated heterocycles. The third-order valence-electron chi connectivity index (χ3n) is 2.86. The van der Waals surface area contributed by atoms with Crippen LogP contribution in [-0.2, 0) is 9.47 Å². The van der Waals surface area contributed by atoms with E-state index in [0.29, 0.717) is 6.04 Å². The van der Waals surface area contributed by atoms with Crippen LogP contribution in [0.25, 0.3) is 0 Å². The van der Waals surface area contributed by atoms with Gasteiger partial charge in [0, 0.05) is 26.4 Å². The molecule has 0 rings (SSSR count). The fourth-order valence-corrected chi connectivity index (χ4v) is 1.54. The Balaban J connectivity index is 3.97. The second-order valence-corrected chi connectivity index (χ2v) is 5.27. The van der Waals surface area contributed by atoms with Gasteiger partial charge >= 0.3 is 0 Å². The van der Waals surface area contributed by atoms with Crippen LogP contribution in [0, 0.1) is 0 Å². The lowest BCUT2D eigenvalue weighted by Gasteiger charge is -2.22. The van der Waals surface area contributed by atoms with E-state index in [1.165, 1.54) is 0 Å². The van der Waals surface area contributed by atoms with Crippen molar-refractivity contribution in [3.05, 3.63) is 37.0 Å². The lowest BCUT2D eigenvalue weighted by molar-refractivity contribution is 0.0400. The van der Waals surface area contributed by atoms with E-state index in [-0.39, 0.29) is 0 Å². The van der Waals surface area contributed by atoms with Gasteiger partial charge < -0.3 is 14.8 Å². The van der Waals surface area contributed by atoms with Crippen molar-refractivity contribution in [2.45, 2.75) is 45.3 Å². The molecule has 3 nitrogen and oxygen atoms in total. The van der Waals surface area contributed by atoms with Crippen LogP contribution >= 0.6 is 0 Å². The van der Waals surface area contributed by atoms with E-state index < -0.39 is 5.60 Å². The molecule has 0 aromatic heterocycles. The molecule has 0 heterocycles. The second-order valence-electron chi connectivity index (χ2n) is 5.27. The van der Waals surface area contributed by atoms with Gasteiger partial charge in [-0.05, 0) is 32.4 Å². The molecule has 0 aliphatic rings. The van der Waals surface area contributed by atoms with Crippen LogP contribution in [0.15, 0.2) is 37.0 Å². The van der Waals surface area contributed by atoms with Crippen molar-refractivity contribution in [3.8, 4) is 0 Å². The Labute approximate surface area is 124 Å². The smallest absolute Gasteiger partial charge is 0.102 e. The van der Waals surface area contributed by atoms with Crippen molar-refractivity contribution < 1.29 is 9.47 Å². The Kier molecular flexibility index (Phi) is 11.4. The largest absolute Gasteiger partial charge is 0.384 e. The summed E-state index contributed by atoms with van der Waals surface area (Å²) in [5.74, 6) is 0. The minimum atomic E-state index is -0.399. The first-order valence-electron chi connectivity index (χ1n) is 7.38. The van der Waals surface area contributed by atoms with Gasteiger partial charge in [-0.15, -0.1) is 0 Å². The van der Waals surface area contributed by atoms with Crippen LogP contribution in [0.4, 0.5) is 0 Å². The van der Waals surface area contributed by atoms with Crippen LogP contribution in [0.2, 0.25) is 0 Å². The summed E-state index contributed by atoms with van der Waals surface area (Å²) in [5, 5.41) is 3.37. The van der Waals surface area contributed by atoms with Gasteiger partial charge in [0.2, 0.25) is 0 Å². The summed E-state index contributed by atoms with van der Waals surface area (Å²) in [7, 11) is 1.71. The molecule has 0 aliphatic heterocycles. The van der Waals surface area contributed by atoms with Gasteiger partial charge in [-0.1, -0.05) is 44.7 Å². The summed E-state index contributed by atoms with van der Waals surface area (Å²) in [6.45, 7) is 12.6. The monoisotopic (exact) mass is 281 g/mol. The van der Waals surface area contributed by atoms with Gasteiger partial charge in [-0.2, -0.15) is 0 Å². The van der Waals surface area contributed by atoms with E-state index in [4.69, 9.17) is 9.47 Å². The van der Waals surface area contributed by atoms with Gasteiger partial charge in [-0.25, -0.2) is 0 Å². The van der Waals surface area contributed by atoms with Gasteiger partial charge in [-0.3, -0.25) is 0 Å². The molecule has 0 aliphatic carbocycles. The first-order valence-corrected chi connectivity index (χ1v) is 7.38. The molecule has 3 heteroatoms. The molecular formula is C17H31NO2. The first kappa shape index (κ1) is 19.1. The number of methoxy groups -OCH3 is 1. The number of nitrogens with one attached hydrogen (secondary N) is 1. The molecule has 0 aromatic carbocycles. The Morgan fingerprint density at radius 2 is 2.00 bits per heavy atom. The van der Waals surface area contributed by atoms with Crippen LogP contribution in [0.1, 0.15) is 33.6 Å². The lowest BCUT2D eigenvalue weighted by Crippen LogP contribution is -2.27. The molecule has 1 atom stereocenters. The molecule has 0 aromatic rings. The fourth-order valence-electron chi connectivity index (χ4n) is 1.54. The molecule has 0 spiro atoms. The van der Waals surface area contributed by atoms with Crippen molar-refractivity contribution >= 4 is 0 Å². The average Bonchev–Trinajstić information content (AvgIpc) is 2.42. The first-order chi connectivity index (χ1) is 9.54. The summed E-state index contributed by atoms with van der Waals surface area (Å²) in [5.41, 5.74) is -0.399. The van der Waals surface area contributed by atoms with Crippen LogP contribution in [0.5, 0.6) is 0 Å². The standard InChI is InChI=1S/C17H31NO2/c1-6-17(4,12-9-7-8-10-14-19-5)20-15-11-13-18-16(2)3/h6-9,12,16,18H,1,10-11,13-15H2,2-5H3/b8-7+,12-9-/t17-/m1/s1. The highest BCUT2D eigenvalue weighted by Crippen LogP contribution is 2.14. The summed E-state index contributed by atoms with van der Waals surface area (Å²) in [6, 6.07) is 0.526. The van der Waals surface area contributed by atoms with Crippen molar-refractivity contribution in [2.75, 3.05) is 26.9 Å². The molecule has 20 heavy (non-hydrogen) atoms. The average molecular weight is 281 g/mol. The Morgan fingerprint density at radius 3 is 2.60 bits per heavy atom. The maximum absolute atomic E-state index is 5.88. The van der Waals surface area contributed by atoms with Crippen molar-refractivity contribution in [1.29, 1.82) is 0 Å². The summed E-state index contributed by atoms with van der Waals surface area (Å²) in [6.07, 6.45) is 11.9. The fraction of sp³-hybridized carbons (Fsp3) is 0.647. The Morgan fingerprint density at radius 1 is 1.25 bits per heavy atom. The number of ether oxygens (including phenoxy) is 2. The van der Waals surface area contributed by atoms with E-state index in [2.05, 4.69) is 31.8 Å². The molecule has 0 bridgehead atoms. The lowest BCUT2D eigenvalue weighted by atomic mass is 10.1. The topological polar surface area (TPSA) is 30.5 Å². The molecule has 116 valence electrons. The summed E-state index contributed by atoms with van der Waals surface area (Å²) >= 11 is 0. The highest BCUT2D eigenvalue weighted by Gasteiger charge is 2.15. The maximum atomic E-state index is 5.88. The number of allylic oxidation sites excluding steroid dienone is 2. The normalized spacial score (nSPS) is 15.2. The molecule has 0 fully saturated rings. The third-order valence-corrected chi connectivity index (χ3v) is 2.86. The molecule has 0 amide bonds. The number of hydrogen-bond acceptors (Lipinski definition) is 3. The molecule has 0 saturated carbocycles. The molecule has 1 N–H and O–H groups in total. The van der Waals surface area contributed by atoms with E-state index >= 15 is 0 Å². The van der Waals surface area contributed by atoms with Gasteiger partial charge in [0.1, 0.15) is 5.60 Å². The van der Waals surface area contributed by atoms with Crippen LogP contribution in [0.3, 0.4) is 0 Å². The highest BCUT2D eigenvalue weighted by atomic mass is 16.5. The summed E-state index contributed by atoms with van der Waals surface area (Å²) in [4.78, 5) is 0. The van der Waals surface area contributed by atoms with Gasteiger partial charge in [0.25, 0.3) is 0 Å². The predicted octanol–water partition coefficient (Wildman–Crippen LogP) is 3.48. The summed E-state index contributed by atoms with van der Waals surface area (Å²) < 4.78 is 10.9. The predicted molar refractivity (Wildman–Crippen MR) is 87.1 cm³/mol. The second kappa shape index (κ2) is 11.9. The van der Waals surface area contributed by atoms with Crippen molar-refractivity contribution in [3.63, 3.8) is 0 Å². The van der Waals surface area contributed by atoms with Crippen LogP contribution < -0.4 is 5.32 Å². The van der Waals surface area contributed by atoms with Crippen molar-refractivity contribution in [2.24, 2.45) is 0 Å². The zero-order chi connectivity index (χ0) is 15.3. The minimum absolute atomic E-state index is 0.399. The van der Waals surface area contributed by atoms with E-state index in [1.807, 2.05) is 31.2 Å². The van der Waals surface area contributed by atoms with Gasteiger partial charge in [0.05, 0.1) is 0 Å². The Bertz CT molecular complexity index is 297. The Hall–Kier alpha value is -0.900. The highest BCUT2D eigenvalue weighted by molar-refractivity contribution is 5.15. The zero-order valence-corrected chi connectivity index (χ0v) is 13.5.